The van der Waals surface area contributed by atoms with Crippen LogP contribution in [0.3, 0.4) is 0 Å². The highest BCUT2D eigenvalue weighted by Gasteiger charge is 2.34. The number of allylic oxidation sites excluding steroid dienone is 2. The Labute approximate surface area is 140 Å². The standard InChI is InChI=1S/C21H16O3/c1-21(12-5-2-6-13-21)24-17-11-7-10-16-18(17)20(23)15-9-4-3-8-14(15)19(16)22/h2-12H,13H2,1H3. The molecule has 0 radical (unpaired) electrons. The van der Waals surface area contributed by atoms with E-state index in [2.05, 4.69) is 0 Å². The summed E-state index contributed by atoms with van der Waals surface area (Å²) in [4.78, 5) is 25.7. The van der Waals surface area contributed by atoms with Crippen molar-refractivity contribution < 1.29 is 14.3 Å². The number of hydrogen-bond acceptors (Lipinski definition) is 3. The van der Waals surface area contributed by atoms with Crippen molar-refractivity contribution in [3.63, 3.8) is 0 Å². The lowest BCUT2D eigenvalue weighted by Gasteiger charge is -2.30. The molecule has 0 spiro atoms. The Kier molecular flexibility index (Phi) is 3.24. The minimum atomic E-state index is -0.524. The minimum absolute atomic E-state index is 0.130. The Morgan fingerprint density at radius 2 is 1.58 bits per heavy atom. The van der Waals surface area contributed by atoms with Crippen LogP contribution in [0.2, 0.25) is 0 Å². The SMILES string of the molecule is CC1(Oc2cccc3c2C(=O)c2ccccc2C3=O)C=CC=CC1. The molecule has 118 valence electrons. The molecule has 3 nitrogen and oxygen atoms in total. The highest BCUT2D eigenvalue weighted by atomic mass is 16.5. The lowest BCUT2D eigenvalue weighted by atomic mass is 9.83. The maximum atomic E-state index is 13.0. The molecule has 0 bridgehead atoms. The van der Waals surface area contributed by atoms with Crippen molar-refractivity contribution >= 4 is 11.6 Å². The summed E-state index contributed by atoms with van der Waals surface area (Å²) in [6.45, 7) is 1.97. The first-order chi connectivity index (χ1) is 11.6. The molecule has 1 atom stereocenters. The molecule has 2 aromatic rings. The van der Waals surface area contributed by atoms with E-state index in [9.17, 15) is 9.59 Å². The Balaban J connectivity index is 1.83. The molecular weight excluding hydrogens is 300 g/mol. The van der Waals surface area contributed by atoms with E-state index in [1.54, 1.807) is 42.5 Å². The van der Waals surface area contributed by atoms with Crippen LogP contribution in [0.5, 0.6) is 5.75 Å². The van der Waals surface area contributed by atoms with E-state index in [1.807, 2.05) is 31.2 Å². The smallest absolute Gasteiger partial charge is 0.198 e. The van der Waals surface area contributed by atoms with Gasteiger partial charge in [0.15, 0.2) is 11.6 Å². The van der Waals surface area contributed by atoms with Crippen LogP contribution in [0, 0.1) is 0 Å². The molecule has 0 aromatic heterocycles. The number of rotatable bonds is 2. The second-order valence-electron chi connectivity index (χ2n) is 6.29. The number of ether oxygens (including phenoxy) is 1. The Morgan fingerprint density at radius 3 is 2.29 bits per heavy atom. The van der Waals surface area contributed by atoms with Gasteiger partial charge in [-0.25, -0.2) is 0 Å². The van der Waals surface area contributed by atoms with E-state index in [4.69, 9.17) is 4.74 Å². The van der Waals surface area contributed by atoms with Crippen LogP contribution in [-0.2, 0) is 0 Å². The zero-order chi connectivity index (χ0) is 16.7. The molecule has 4 rings (SSSR count). The Hall–Kier alpha value is -2.94. The topological polar surface area (TPSA) is 43.4 Å². The summed E-state index contributed by atoms with van der Waals surface area (Å²) in [5, 5.41) is 0. The number of benzene rings is 2. The zero-order valence-corrected chi connectivity index (χ0v) is 13.3. The number of hydrogen-bond donors (Lipinski definition) is 0. The Morgan fingerprint density at radius 1 is 0.875 bits per heavy atom. The molecule has 0 heterocycles. The summed E-state index contributed by atoms with van der Waals surface area (Å²) >= 11 is 0. The summed E-state index contributed by atoms with van der Waals surface area (Å²) < 4.78 is 6.16. The minimum Gasteiger partial charge on any atom is -0.482 e. The summed E-state index contributed by atoms with van der Waals surface area (Å²) in [7, 11) is 0. The third-order valence-corrected chi connectivity index (χ3v) is 4.48. The highest BCUT2D eigenvalue weighted by Crippen LogP contribution is 2.36. The van der Waals surface area contributed by atoms with Crippen molar-refractivity contribution in [3.8, 4) is 5.75 Å². The van der Waals surface area contributed by atoms with E-state index < -0.39 is 5.60 Å². The number of fused-ring (bicyclic) bond motifs is 2. The fourth-order valence-corrected chi connectivity index (χ4v) is 3.23. The van der Waals surface area contributed by atoms with Gasteiger partial charge in [-0.15, -0.1) is 0 Å². The zero-order valence-electron chi connectivity index (χ0n) is 13.3. The van der Waals surface area contributed by atoms with Crippen molar-refractivity contribution in [2.45, 2.75) is 18.9 Å². The summed E-state index contributed by atoms with van der Waals surface area (Å²) in [5.74, 6) is 0.174. The fourth-order valence-electron chi connectivity index (χ4n) is 3.23. The van der Waals surface area contributed by atoms with Gasteiger partial charge in [0.05, 0.1) is 5.56 Å². The third-order valence-electron chi connectivity index (χ3n) is 4.48. The Bertz CT molecular complexity index is 920. The monoisotopic (exact) mass is 316 g/mol. The van der Waals surface area contributed by atoms with Crippen LogP contribution in [0.15, 0.2) is 66.8 Å². The van der Waals surface area contributed by atoms with Crippen LogP contribution >= 0.6 is 0 Å². The molecule has 0 N–H and O–H groups in total. The second kappa shape index (κ2) is 5.31. The quantitative estimate of drug-likeness (QED) is 0.714. The van der Waals surface area contributed by atoms with Gasteiger partial charge in [-0.05, 0) is 19.1 Å². The first-order valence-corrected chi connectivity index (χ1v) is 7.94. The van der Waals surface area contributed by atoms with Gasteiger partial charge in [0.25, 0.3) is 0 Å². The van der Waals surface area contributed by atoms with Crippen molar-refractivity contribution in [2.75, 3.05) is 0 Å². The predicted molar refractivity (Wildman–Crippen MR) is 91.7 cm³/mol. The van der Waals surface area contributed by atoms with Crippen LogP contribution in [0.25, 0.3) is 0 Å². The van der Waals surface area contributed by atoms with Crippen LogP contribution in [0.4, 0.5) is 0 Å². The summed E-state index contributed by atoms with van der Waals surface area (Å²) in [6.07, 6.45) is 8.61. The van der Waals surface area contributed by atoms with Crippen LogP contribution in [-0.4, -0.2) is 17.2 Å². The van der Waals surface area contributed by atoms with Gasteiger partial charge in [0.1, 0.15) is 11.4 Å². The average Bonchev–Trinajstić information content (AvgIpc) is 2.60. The van der Waals surface area contributed by atoms with Gasteiger partial charge in [0.2, 0.25) is 0 Å². The van der Waals surface area contributed by atoms with Gasteiger partial charge in [-0.1, -0.05) is 54.6 Å². The number of carbonyl (C=O) groups is 2. The maximum Gasteiger partial charge on any atom is 0.198 e. The van der Waals surface area contributed by atoms with Crippen LogP contribution in [0.1, 0.15) is 45.2 Å². The van der Waals surface area contributed by atoms with Crippen molar-refractivity contribution in [2.24, 2.45) is 0 Å². The number of carbonyl (C=O) groups excluding carboxylic acids is 2. The second-order valence-corrected chi connectivity index (χ2v) is 6.29. The molecule has 3 heteroatoms. The average molecular weight is 316 g/mol. The van der Waals surface area contributed by atoms with Gasteiger partial charge >= 0.3 is 0 Å². The molecule has 0 saturated heterocycles. The van der Waals surface area contributed by atoms with E-state index in [0.717, 1.165) is 0 Å². The van der Waals surface area contributed by atoms with Gasteiger partial charge in [-0.2, -0.15) is 0 Å². The van der Waals surface area contributed by atoms with Gasteiger partial charge in [-0.3, -0.25) is 9.59 Å². The van der Waals surface area contributed by atoms with E-state index in [0.29, 0.717) is 34.4 Å². The third kappa shape index (κ3) is 2.21. The first kappa shape index (κ1) is 14.6. The highest BCUT2D eigenvalue weighted by molar-refractivity contribution is 6.29. The molecule has 0 fully saturated rings. The maximum absolute atomic E-state index is 13.0. The molecule has 0 saturated carbocycles. The van der Waals surface area contributed by atoms with Crippen LogP contribution < -0.4 is 4.74 Å². The normalized spacial score (nSPS) is 21.4. The van der Waals surface area contributed by atoms with Gasteiger partial charge in [0, 0.05) is 23.1 Å². The molecule has 24 heavy (non-hydrogen) atoms. The molecule has 0 aliphatic heterocycles. The van der Waals surface area contributed by atoms with E-state index >= 15 is 0 Å². The predicted octanol–water partition coefficient (Wildman–Crippen LogP) is 4.12. The molecule has 2 aliphatic carbocycles. The molecular formula is C21H16O3. The molecule has 0 amide bonds. The van der Waals surface area contributed by atoms with E-state index in [1.165, 1.54) is 0 Å². The summed E-state index contributed by atoms with van der Waals surface area (Å²) in [5.41, 5.74) is 1.15. The van der Waals surface area contributed by atoms with Crippen molar-refractivity contribution in [1.29, 1.82) is 0 Å². The fraction of sp³-hybridized carbons (Fsp3) is 0.143. The first-order valence-electron chi connectivity index (χ1n) is 7.94. The lowest BCUT2D eigenvalue weighted by molar-refractivity contribution is 0.0964. The number of ketones is 2. The molecule has 2 aromatic carbocycles. The van der Waals surface area contributed by atoms with E-state index in [-0.39, 0.29) is 11.6 Å². The van der Waals surface area contributed by atoms with Gasteiger partial charge < -0.3 is 4.74 Å². The van der Waals surface area contributed by atoms with Crippen molar-refractivity contribution in [1.82, 2.24) is 0 Å². The summed E-state index contributed by atoms with van der Waals surface area (Å²) in [6, 6.07) is 12.2. The molecule has 1 unspecified atom stereocenters. The largest absolute Gasteiger partial charge is 0.482 e. The molecule has 2 aliphatic rings. The van der Waals surface area contributed by atoms with Crippen molar-refractivity contribution in [3.05, 3.63) is 89.0 Å². The lowest BCUT2D eigenvalue weighted by Crippen LogP contribution is -2.32.